The number of halogens is 1. The van der Waals surface area contributed by atoms with Crippen molar-refractivity contribution in [2.45, 2.75) is 37.2 Å². The van der Waals surface area contributed by atoms with Gasteiger partial charge in [0, 0.05) is 5.56 Å². The van der Waals surface area contributed by atoms with Crippen LogP contribution < -0.4 is 0 Å². The minimum atomic E-state index is 0.0993. The second-order valence-electron chi connectivity index (χ2n) is 7.47. The Kier molecular flexibility index (Phi) is 5.43. The van der Waals surface area contributed by atoms with Gasteiger partial charge in [0.2, 0.25) is 17.7 Å². The molecule has 0 unspecified atom stereocenters. The van der Waals surface area contributed by atoms with E-state index in [0.717, 1.165) is 5.56 Å². The highest BCUT2D eigenvalue weighted by Crippen LogP contribution is 2.30. The van der Waals surface area contributed by atoms with E-state index in [1.165, 1.54) is 17.3 Å². The maximum atomic E-state index is 6.17. The van der Waals surface area contributed by atoms with Gasteiger partial charge in [0.1, 0.15) is 0 Å². The molecule has 6 nitrogen and oxygen atoms in total. The summed E-state index contributed by atoms with van der Waals surface area (Å²) in [5.41, 5.74) is 2.94. The van der Waals surface area contributed by atoms with E-state index in [1.54, 1.807) is 6.07 Å². The summed E-state index contributed by atoms with van der Waals surface area (Å²) in [4.78, 5) is 0. The molecule has 4 rings (SSSR count). The van der Waals surface area contributed by atoms with Gasteiger partial charge in [-0.25, -0.2) is 0 Å². The summed E-state index contributed by atoms with van der Waals surface area (Å²) in [6.07, 6.45) is 0. The lowest BCUT2D eigenvalue weighted by atomic mass is 9.87. The maximum Gasteiger partial charge on any atom is 0.277 e. The molecule has 0 atom stereocenters. The monoisotopic (exact) mass is 426 g/mol. The van der Waals surface area contributed by atoms with Crippen LogP contribution in [0.4, 0.5) is 0 Å². The van der Waals surface area contributed by atoms with Gasteiger partial charge < -0.3 is 8.83 Å². The van der Waals surface area contributed by atoms with Crippen LogP contribution in [0, 0.1) is 0 Å². The van der Waals surface area contributed by atoms with Gasteiger partial charge in [0.15, 0.2) is 0 Å². The Morgan fingerprint density at radius 3 is 2.31 bits per heavy atom. The fraction of sp³-hybridized carbons (Fsp3) is 0.238. The van der Waals surface area contributed by atoms with E-state index < -0.39 is 0 Å². The van der Waals surface area contributed by atoms with Crippen molar-refractivity contribution in [3.63, 3.8) is 0 Å². The third-order valence-electron chi connectivity index (χ3n) is 4.29. The van der Waals surface area contributed by atoms with Crippen molar-refractivity contribution in [1.29, 1.82) is 0 Å². The van der Waals surface area contributed by atoms with E-state index in [1.807, 2.05) is 30.3 Å². The van der Waals surface area contributed by atoms with Gasteiger partial charge in [0.25, 0.3) is 5.22 Å². The zero-order valence-corrected chi connectivity index (χ0v) is 17.8. The predicted octanol–water partition coefficient (Wildman–Crippen LogP) is 6.03. The van der Waals surface area contributed by atoms with Gasteiger partial charge >= 0.3 is 0 Å². The van der Waals surface area contributed by atoms with Crippen molar-refractivity contribution in [3.8, 4) is 22.9 Å². The smallest absolute Gasteiger partial charge is 0.277 e. The summed E-state index contributed by atoms with van der Waals surface area (Å²) in [6.45, 7) is 6.54. The molecule has 2 aromatic heterocycles. The summed E-state index contributed by atoms with van der Waals surface area (Å²) in [7, 11) is 0. The van der Waals surface area contributed by atoms with Crippen LogP contribution in [0.1, 0.15) is 32.2 Å². The van der Waals surface area contributed by atoms with Gasteiger partial charge in [-0.2, -0.15) is 0 Å². The van der Waals surface area contributed by atoms with E-state index in [-0.39, 0.29) is 5.41 Å². The molecule has 0 saturated carbocycles. The average molecular weight is 427 g/mol. The molecule has 148 valence electrons. The van der Waals surface area contributed by atoms with Crippen LogP contribution in [0.3, 0.4) is 0 Å². The molecular formula is C21H19ClN4O2S. The van der Waals surface area contributed by atoms with E-state index in [2.05, 4.69) is 53.3 Å². The molecule has 0 amide bonds. The summed E-state index contributed by atoms with van der Waals surface area (Å²) in [5.74, 6) is 1.78. The van der Waals surface area contributed by atoms with E-state index in [4.69, 9.17) is 20.4 Å². The summed E-state index contributed by atoms with van der Waals surface area (Å²) < 4.78 is 11.4. The van der Waals surface area contributed by atoms with Crippen molar-refractivity contribution in [2.24, 2.45) is 0 Å². The lowest BCUT2D eigenvalue weighted by Crippen LogP contribution is -2.10. The van der Waals surface area contributed by atoms with Crippen LogP contribution in [-0.4, -0.2) is 20.4 Å². The Hall–Kier alpha value is -2.64. The second-order valence-corrected chi connectivity index (χ2v) is 8.80. The maximum absolute atomic E-state index is 6.17. The lowest BCUT2D eigenvalue weighted by molar-refractivity contribution is 0.464. The highest BCUT2D eigenvalue weighted by atomic mass is 35.5. The number of aromatic nitrogens is 4. The Balaban J connectivity index is 1.42. The van der Waals surface area contributed by atoms with Crippen molar-refractivity contribution in [1.82, 2.24) is 20.4 Å². The Morgan fingerprint density at radius 2 is 1.59 bits per heavy atom. The molecule has 0 radical (unpaired) electrons. The molecule has 0 N–H and O–H groups in total. The van der Waals surface area contributed by atoms with Crippen LogP contribution in [0.2, 0.25) is 5.02 Å². The first-order valence-corrected chi connectivity index (χ1v) is 10.4. The third-order valence-corrected chi connectivity index (χ3v) is 5.43. The van der Waals surface area contributed by atoms with Gasteiger partial charge in [-0.15, -0.1) is 20.4 Å². The standard InChI is InChI=1S/C21H19ClN4O2S/c1-21(2,3)14-10-8-13(9-11-14)18-24-23-17(27-18)12-29-20-26-25-19(28-20)15-6-4-5-7-16(15)22/h4-11H,12H2,1-3H3. The normalized spacial score (nSPS) is 11.7. The zero-order chi connectivity index (χ0) is 20.4. The van der Waals surface area contributed by atoms with E-state index in [0.29, 0.717) is 39.2 Å². The third kappa shape index (κ3) is 4.52. The van der Waals surface area contributed by atoms with Gasteiger partial charge in [-0.05, 0) is 35.2 Å². The molecule has 0 saturated heterocycles. The number of hydrogen-bond acceptors (Lipinski definition) is 7. The Morgan fingerprint density at radius 1 is 0.862 bits per heavy atom. The number of hydrogen-bond donors (Lipinski definition) is 0. The number of benzene rings is 2. The zero-order valence-electron chi connectivity index (χ0n) is 16.2. The molecule has 4 aromatic rings. The highest BCUT2D eigenvalue weighted by Gasteiger charge is 2.16. The quantitative estimate of drug-likeness (QED) is 0.360. The van der Waals surface area contributed by atoms with Crippen molar-refractivity contribution >= 4 is 23.4 Å². The average Bonchev–Trinajstić information content (AvgIpc) is 3.36. The molecule has 0 aliphatic carbocycles. The molecule has 0 spiro atoms. The molecule has 2 heterocycles. The first-order valence-electron chi connectivity index (χ1n) is 9.04. The van der Waals surface area contributed by atoms with Gasteiger partial charge in [0.05, 0.1) is 16.3 Å². The largest absolute Gasteiger partial charge is 0.420 e. The van der Waals surface area contributed by atoms with E-state index in [9.17, 15) is 0 Å². The predicted molar refractivity (Wildman–Crippen MR) is 113 cm³/mol. The number of nitrogens with zero attached hydrogens (tertiary/aromatic N) is 4. The van der Waals surface area contributed by atoms with E-state index >= 15 is 0 Å². The molecule has 0 aliphatic heterocycles. The summed E-state index contributed by atoms with van der Waals surface area (Å²) in [5, 5.41) is 17.3. The summed E-state index contributed by atoms with van der Waals surface area (Å²) >= 11 is 7.50. The second kappa shape index (κ2) is 8.00. The van der Waals surface area contributed by atoms with Crippen molar-refractivity contribution in [2.75, 3.05) is 0 Å². The minimum Gasteiger partial charge on any atom is -0.420 e. The first-order chi connectivity index (χ1) is 13.9. The van der Waals surface area contributed by atoms with Crippen LogP contribution in [-0.2, 0) is 11.2 Å². The minimum absolute atomic E-state index is 0.0993. The van der Waals surface area contributed by atoms with Gasteiger partial charge in [-0.3, -0.25) is 0 Å². The Bertz CT molecular complexity index is 1120. The summed E-state index contributed by atoms with van der Waals surface area (Å²) in [6, 6.07) is 15.5. The Labute approximate surface area is 177 Å². The molecule has 8 heteroatoms. The molecule has 0 aliphatic rings. The molecule has 29 heavy (non-hydrogen) atoms. The van der Waals surface area contributed by atoms with Crippen LogP contribution in [0.15, 0.2) is 62.6 Å². The number of rotatable bonds is 5. The highest BCUT2D eigenvalue weighted by molar-refractivity contribution is 7.98. The fourth-order valence-corrected chi connectivity index (χ4v) is 3.49. The molecule has 0 bridgehead atoms. The van der Waals surface area contributed by atoms with Crippen LogP contribution in [0.5, 0.6) is 0 Å². The lowest BCUT2D eigenvalue weighted by Gasteiger charge is -2.18. The molecular weight excluding hydrogens is 408 g/mol. The topological polar surface area (TPSA) is 77.8 Å². The van der Waals surface area contributed by atoms with Gasteiger partial charge in [-0.1, -0.05) is 68.4 Å². The van der Waals surface area contributed by atoms with Crippen molar-refractivity contribution < 1.29 is 8.83 Å². The SMILES string of the molecule is CC(C)(C)c1ccc(-c2nnc(CSc3nnc(-c4ccccc4Cl)o3)o2)cc1. The number of thioether (sulfide) groups is 1. The fourth-order valence-electron chi connectivity index (χ4n) is 2.68. The molecule has 2 aromatic carbocycles. The van der Waals surface area contributed by atoms with Crippen molar-refractivity contribution in [3.05, 3.63) is 65.0 Å². The molecule has 0 fully saturated rings. The van der Waals surface area contributed by atoms with Crippen LogP contribution in [0.25, 0.3) is 22.9 Å². The first kappa shape index (κ1) is 19.7. The van der Waals surface area contributed by atoms with Crippen LogP contribution >= 0.6 is 23.4 Å².